The van der Waals surface area contributed by atoms with Gasteiger partial charge in [-0.05, 0) is 52.7 Å². The molecule has 0 spiro atoms. The molecule has 1 heterocycles. The SMILES string of the molecule is C[C@H](OC(C)(C)C)[C@@H]1CS/C(=N\c2ccc([N+](=O)[O-])c3ccccc23)N1C1CCCC1. The predicted octanol–water partition coefficient (Wildman–Crippen LogP) is 6.30. The van der Waals surface area contributed by atoms with Gasteiger partial charge in [-0.1, -0.05) is 42.8 Å². The number of aliphatic imine (C=N–C) groups is 1. The average molecular weight is 442 g/mol. The molecule has 0 unspecified atom stereocenters. The van der Waals surface area contributed by atoms with Crippen molar-refractivity contribution >= 4 is 39.1 Å². The Morgan fingerprint density at radius 1 is 1.16 bits per heavy atom. The van der Waals surface area contributed by atoms with Crippen LogP contribution in [0.3, 0.4) is 0 Å². The molecular weight excluding hydrogens is 410 g/mol. The Kier molecular flexibility index (Phi) is 6.26. The Labute approximate surface area is 188 Å². The fraction of sp³-hybridized carbons (Fsp3) is 0.542. The maximum atomic E-state index is 11.5. The number of nitro groups is 1. The number of ether oxygens (including phenoxy) is 1. The molecule has 1 saturated carbocycles. The molecule has 166 valence electrons. The molecule has 2 aliphatic rings. The van der Waals surface area contributed by atoms with E-state index >= 15 is 0 Å². The number of nitro benzene ring substituents is 1. The molecule has 2 fully saturated rings. The number of fused-ring (bicyclic) bond motifs is 1. The van der Waals surface area contributed by atoms with E-state index in [0.29, 0.717) is 11.4 Å². The Hall–Kier alpha value is -2.12. The Morgan fingerprint density at radius 2 is 1.84 bits per heavy atom. The molecule has 0 amide bonds. The average Bonchev–Trinajstić information content (AvgIpc) is 3.36. The van der Waals surface area contributed by atoms with E-state index < -0.39 is 0 Å². The molecule has 2 atom stereocenters. The second-order valence-electron chi connectivity index (χ2n) is 9.46. The summed E-state index contributed by atoms with van der Waals surface area (Å²) in [5.41, 5.74) is 0.716. The minimum Gasteiger partial charge on any atom is -0.371 e. The lowest BCUT2D eigenvalue weighted by Crippen LogP contribution is -2.48. The van der Waals surface area contributed by atoms with Gasteiger partial charge in [-0.25, -0.2) is 4.99 Å². The maximum absolute atomic E-state index is 11.5. The van der Waals surface area contributed by atoms with E-state index in [0.717, 1.165) is 22.0 Å². The highest BCUT2D eigenvalue weighted by atomic mass is 32.2. The minimum absolute atomic E-state index is 0.0920. The summed E-state index contributed by atoms with van der Waals surface area (Å²) in [5.74, 6) is 0.942. The van der Waals surface area contributed by atoms with E-state index in [1.54, 1.807) is 30.0 Å². The van der Waals surface area contributed by atoms with Crippen LogP contribution in [0.25, 0.3) is 10.8 Å². The van der Waals surface area contributed by atoms with Crippen LogP contribution >= 0.6 is 11.8 Å². The van der Waals surface area contributed by atoms with Crippen LogP contribution in [0, 0.1) is 10.1 Å². The summed E-state index contributed by atoms with van der Waals surface area (Å²) in [6.45, 7) is 8.47. The van der Waals surface area contributed by atoms with Gasteiger partial charge in [0.2, 0.25) is 0 Å². The van der Waals surface area contributed by atoms with E-state index in [1.807, 2.05) is 18.2 Å². The second-order valence-corrected chi connectivity index (χ2v) is 10.4. The molecule has 0 radical (unpaired) electrons. The van der Waals surface area contributed by atoms with Gasteiger partial charge in [0.05, 0.1) is 33.7 Å². The molecule has 7 heteroatoms. The van der Waals surface area contributed by atoms with E-state index in [4.69, 9.17) is 9.73 Å². The molecule has 0 N–H and O–H groups in total. The van der Waals surface area contributed by atoms with Gasteiger partial charge in [0, 0.05) is 23.2 Å². The van der Waals surface area contributed by atoms with Crippen molar-refractivity contribution in [2.45, 2.75) is 77.2 Å². The van der Waals surface area contributed by atoms with E-state index in [9.17, 15) is 10.1 Å². The lowest BCUT2D eigenvalue weighted by Gasteiger charge is -2.37. The molecule has 4 rings (SSSR count). The highest BCUT2D eigenvalue weighted by Gasteiger charge is 2.40. The Balaban J connectivity index is 1.73. The number of hydrogen-bond donors (Lipinski definition) is 0. The summed E-state index contributed by atoms with van der Waals surface area (Å²) >= 11 is 1.78. The van der Waals surface area contributed by atoms with Crippen LogP contribution in [0.5, 0.6) is 0 Å². The third-order valence-corrected chi connectivity index (χ3v) is 7.12. The van der Waals surface area contributed by atoms with E-state index in [2.05, 4.69) is 32.6 Å². The summed E-state index contributed by atoms with van der Waals surface area (Å²) in [7, 11) is 0. The Bertz CT molecular complexity index is 995. The quantitative estimate of drug-likeness (QED) is 0.402. The van der Waals surface area contributed by atoms with Crippen LogP contribution < -0.4 is 0 Å². The van der Waals surface area contributed by atoms with Crippen LogP contribution in [0.4, 0.5) is 11.4 Å². The molecule has 31 heavy (non-hydrogen) atoms. The molecule has 6 nitrogen and oxygen atoms in total. The molecule has 1 aliphatic carbocycles. The number of amidine groups is 1. The third kappa shape index (κ3) is 4.72. The summed E-state index contributed by atoms with van der Waals surface area (Å²) in [6, 6.07) is 11.6. The zero-order valence-electron chi connectivity index (χ0n) is 18.7. The van der Waals surface area contributed by atoms with Crippen molar-refractivity contribution in [1.82, 2.24) is 4.90 Å². The van der Waals surface area contributed by atoms with Gasteiger partial charge in [-0.15, -0.1) is 0 Å². The van der Waals surface area contributed by atoms with Crippen LogP contribution in [-0.2, 0) is 4.74 Å². The van der Waals surface area contributed by atoms with Crippen LogP contribution in [0.15, 0.2) is 41.4 Å². The first-order valence-electron chi connectivity index (χ1n) is 11.1. The topological polar surface area (TPSA) is 68.0 Å². The van der Waals surface area contributed by atoms with E-state index in [1.165, 1.54) is 25.7 Å². The molecule has 0 aromatic heterocycles. The molecule has 2 aromatic carbocycles. The lowest BCUT2D eigenvalue weighted by atomic mass is 10.1. The van der Waals surface area contributed by atoms with Crippen LogP contribution in [0.2, 0.25) is 0 Å². The zero-order valence-corrected chi connectivity index (χ0v) is 19.5. The standard InChI is InChI=1S/C24H31N3O3S/c1-16(30-24(2,3)4)22-15-31-23(26(22)17-9-5-6-10-17)25-20-13-14-21(27(28)29)19-12-8-7-11-18(19)20/h7-8,11-14,16-17,22H,5-6,9-10,15H2,1-4H3/b25-23-/t16-,22-/m0/s1. The minimum atomic E-state index is -0.323. The van der Waals surface area contributed by atoms with Crippen molar-refractivity contribution in [3.8, 4) is 0 Å². The molecule has 0 bridgehead atoms. The van der Waals surface area contributed by atoms with E-state index in [-0.39, 0.29) is 28.4 Å². The van der Waals surface area contributed by atoms with Gasteiger partial charge < -0.3 is 9.64 Å². The first-order chi connectivity index (χ1) is 14.7. The van der Waals surface area contributed by atoms with Gasteiger partial charge in [0.25, 0.3) is 5.69 Å². The van der Waals surface area contributed by atoms with Crippen molar-refractivity contribution in [2.24, 2.45) is 4.99 Å². The summed E-state index contributed by atoms with van der Waals surface area (Å²) < 4.78 is 6.34. The van der Waals surface area contributed by atoms with Gasteiger partial charge in [0.15, 0.2) is 5.17 Å². The first-order valence-corrected chi connectivity index (χ1v) is 12.1. The Morgan fingerprint density at radius 3 is 2.48 bits per heavy atom. The highest BCUT2D eigenvalue weighted by molar-refractivity contribution is 8.14. The summed E-state index contributed by atoms with van der Waals surface area (Å²) in [5, 5.41) is 13.9. The highest BCUT2D eigenvalue weighted by Crippen LogP contribution is 2.39. The number of benzene rings is 2. The number of hydrogen-bond acceptors (Lipinski definition) is 5. The van der Waals surface area contributed by atoms with Gasteiger partial charge in [0.1, 0.15) is 0 Å². The smallest absolute Gasteiger partial charge is 0.277 e. The normalized spacial score (nSPS) is 22.5. The molecule has 1 saturated heterocycles. The maximum Gasteiger partial charge on any atom is 0.277 e. The summed E-state index contributed by atoms with van der Waals surface area (Å²) in [4.78, 5) is 18.7. The number of thioether (sulfide) groups is 1. The third-order valence-electron chi connectivity index (χ3n) is 6.05. The number of nitrogens with zero attached hydrogens (tertiary/aromatic N) is 3. The largest absolute Gasteiger partial charge is 0.371 e. The monoisotopic (exact) mass is 441 g/mol. The fourth-order valence-electron chi connectivity index (χ4n) is 4.78. The number of non-ortho nitro benzene ring substituents is 1. The molecule has 2 aromatic rings. The molecular formula is C24H31N3O3S. The van der Waals surface area contributed by atoms with Crippen molar-refractivity contribution in [2.75, 3.05) is 5.75 Å². The van der Waals surface area contributed by atoms with Crippen LogP contribution in [0.1, 0.15) is 53.4 Å². The van der Waals surface area contributed by atoms with Gasteiger partial charge in [-0.3, -0.25) is 10.1 Å². The van der Waals surface area contributed by atoms with Crippen molar-refractivity contribution in [1.29, 1.82) is 0 Å². The van der Waals surface area contributed by atoms with Crippen molar-refractivity contribution in [3.63, 3.8) is 0 Å². The van der Waals surface area contributed by atoms with Crippen molar-refractivity contribution in [3.05, 3.63) is 46.5 Å². The van der Waals surface area contributed by atoms with Gasteiger partial charge in [-0.2, -0.15) is 0 Å². The fourth-order valence-corrected chi connectivity index (χ4v) is 6.13. The second kappa shape index (κ2) is 8.79. The number of rotatable bonds is 5. The lowest BCUT2D eigenvalue weighted by molar-refractivity contribution is -0.383. The first kappa shape index (κ1) is 22.1. The zero-order chi connectivity index (χ0) is 22.2. The van der Waals surface area contributed by atoms with Gasteiger partial charge >= 0.3 is 0 Å². The van der Waals surface area contributed by atoms with Crippen molar-refractivity contribution < 1.29 is 9.66 Å². The molecule has 1 aliphatic heterocycles. The van der Waals surface area contributed by atoms with Crippen LogP contribution in [-0.4, -0.2) is 44.5 Å². The predicted molar refractivity (Wildman–Crippen MR) is 128 cm³/mol. The summed E-state index contributed by atoms with van der Waals surface area (Å²) in [6.07, 6.45) is 4.95.